The van der Waals surface area contributed by atoms with Crippen molar-refractivity contribution in [1.29, 1.82) is 5.26 Å². The predicted molar refractivity (Wildman–Crippen MR) is 144 cm³/mol. The number of nitriles is 1. The lowest BCUT2D eigenvalue weighted by atomic mass is 10.0. The van der Waals surface area contributed by atoms with Gasteiger partial charge in [-0.05, 0) is 75.9 Å². The summed E-state index contributed by atoms with van der Waals surface area (Å²) in [6.07, 6.45) is 2.93. The number of ether oxygens (including phenoxy) is 1. The van der Waals surface area contributed by atoms with Crippen molar-refractivity contribution < 1.29 is 14.6 Å². The molecule has 2 aromatic heterocycles. The number of imidazole rings is 1. The van der Waals surface area contributed by atoms with E-state index in [4.69, 9.17) is 9.72 Å². The first-order chi connectivity index (χ1) is 17.8. The fourth-order valence-electron chi connectivity index (χ4n) is 4.44. The second-order valence-corrected chi connectivity index (χ2v) is 9.50. The maximum Gasteiger partial charge on any atom is 0.251 e. The number of aromatic nitrogens is 2. The van der Waals surface area contributed by atoms with E-state index >= 15 is 0 Å². The maximum absolute atomic E-state index is 13.0. The van der Waals surface area contributed by atoms with Gasteiger partial charge in [0, 0.05) is 35.7 Å². The molecule has 1 atom stereocenters. The van der Waals surface area contributed by atoms with Crippen LogP contribution in [-0.4, -0.2) is 39.2 Å². The van der Waals surface area contributed by atoms with Gasteiger partial charge in [0.2, 0.25) is 0 Å². The van der Waals surface area contributed by atoms with Crippen LogP contribution in [-0.2, 0) is 6.42 Å². The molecule has 7 nitrogen and oxygen atoms in total. The highest BCUT2D eigenvalue weighted by Crippen LogP contribution is 2.26. The highest BCUT2D eigenvalue weighted by molar-refractivity contribution is 5.95. The summed E-state index contributed by atoms with van der Waals surface area (Å²) in [6.45, 7) is 7.84. The molecule has 0 saturated heterocycles. The molecule has 0 saturated carbocycles. The summed E-state index contributed by atoms with van der Waals surface area (Å²) in [4.78, 5) is 17.8. The molecule has 0 unspecified atom stereocenters. The molecule has 0 radical (unpaired) electrons. The van der Waals surface area contributed by atoms with E-state index in [-0.39, 0.29) is 24.7 Å². The molecule has 0 spiro atoms. The average Bonchev–Trinajstić information content (AvgIpc) is 3.22. The number of rotatable bonds is 9. The van der Waals surface area contributed by atoms with E-state index in [9.17, 15) is 15.2 Å². The number of amides is 1. The summed E-state index contributed by atoms with van der Waals surface area (Å²) in [7, 11) is 0. The number of carbonyl (C=O) groups excluding carboxylic acids is 1. The number of carbonyl (C=O) groups is 1. The quantitative estimate of drug-likeness (QED) is 0.340. The van der Waals surface area contributed by atoms with Crippen LogP contribution in [0.5, 0.6) is 5.75 Å². The van der Waals surface area contributed by atoms with Crippen LogP contribution in [0.4, 0.5) is 0 Å². The van der Waals surface area contributed by atoms with E-state index in [1.165, 1.54) is 6.07 Å². The van der Waals surface area contributed by atoms with Gasteiger partial charge in [-0.1, -0.05) is 30.3 Å². The number of aliphatic hydroxyl groups is 1. The van der Waals surface area contributed by atoms with Gasteiger partial charge in [-0.15, -0.1) is 0 Å². The molecule has 37 heavy (non-hydrogen) atoms. The lowest BCUT2D eigenvalue weighted by Gasteiger charge is -2.19. The van der Waals surface area contributed by atoms with Crippen molar-refractivity contribution in [2.24, 2.45) is 0 Å². The summed E-state index contributed by atoms with van der Waals surface area (Å²) in [5, 5.41) is 22.1. The Balaban J connectivity index is 1.49. The van der Waals surface area contributed by atoms with E-state index in [2.05, 4.69) is 35.7 Å². The summed E-state index contributed by atoms with van der Waals surface area (Å²) < 4.78 is 7.75. The summed E-state index contributed by atoms with van der Waals surface area (Å²) in [5.74, 6) is 0.162. The van der Waals surface area contributed by atoms with Crippen molar-refractivity contribution in [2.75, 3.05) is 6.61 Å². The first kappa shape index (κ1) is 25.9. The van der Waals surface area contributed by atoms with Crippen LogP contribution in [0.15, 0.2) is 60.8 Å². The first-order valence-corrected chi connectivity index (χ1v) is 12.5. The normalized spacial score (nSPS) is 11.9. The number of hydrogen-bond donors (Lipinski definition) is 2. The fourth-order valence-corrected chi connectivity index (χ4v) is 4.44. The molecule has 1 amide bonds. The molecule has 0 aliphatic carbocycles. The molecule has 190 valence electrons. The van der Waals surface area contributed by atoms with Crippen molar-refractivity contribution in [2.45, 2.75) is 52.7 Å². The van der Waals surface area contributed by atoms with Gasteiger partial charge >= 0.3 is 0 Å². The molecule has 0 bridgehead atoms. The summed E-state index contributed by atoms with van der Waals surface area (Å²) in [6, 6.07) is 18.9. The number of nitrogens with one attached hydrogen (secondary N) is 1. The first-order valence-electron chi connectivity index (χ1n) is 12.5. The smallest absolute Gasteiger partial charge is 0.251 e. The molecule has 2 N–H and O–H groups in total. The van der Waals surface area contributed by atoms with E-state index in [0.717, 1.165) is 33.7 Å². The zero-order valence-electron chi connectivity index (χ0n) is 21.7. The number of pyridine rings is 1. The third kappa shape index (κ3) is 5.82. The summed E-state index contributed by atoms with van der Waals surface area (Å²) >= 11 is 0. The highest BCUT2D eigenvalue weighted by atomic mass is 16.5. The lowest BCUT2D eigenvalue weighted by Crippen LogP contribution is -2.37. The number of hydrogen-bond acceptors (Lipinski definition) is 5. The van der Waals surface area contributed by atoms with E-state index in [1.807, 2.05) is 50.4 Å². The second kappa shape index (κ2) is 11.3. The van der Waals surface area contributed by atoms with Crippen molar-refractivity contribution in [1.82, 2.24) is 14.7 Å². The van der Waals surface area contributed by atoms with E-state index in [0.29, 0.717) is 29.7 Å². The predicted octanol–water partition coefficient (Wildman–Crippen LogP) is 5.00. The molecule has 0 fully saturated rings. The minimum Gasteiger partial charge on any atom is -0.490 e. The van der Waals surface area contributed by atoms with Gasteiger partial charge in [0.05, 0.1) is 17.4 Å². The summed E-state index contributed by atoms with van der Waals surface area (Å²) in [5.41, 5.74) is 6.86. The van der Waals surface area contributed by atoms with Crippen LogP contribution >= 0.6 is 0 Å². The monoisotopic (exact) mass is 496 g/mol. The minimum atomic E-state index is -0.293. The Bertz CT molecular complexity index is 1450. The van der Waals surface area contributed by atoms with Gasteiger partial charge in [-0.2, -0.15) is 5.26 Å². The Morgan fingerprint density at radius 1 is 1.16 bits per heavy atom. The Kier molecular flexibility index (Phi) is 7.90. The number of aryl methyl sites for hydroxylation is 2. The van der Waals surface area contributed by atoms with Crippen molar-refractivity contribution >= 4 is 11.6 Å². The second-order valence-electron chi connectivity index (χ2n) is 9.50. The van der Waals surface area contributed by atoms with Crippen LogP contribution in [0.3, 0.4) is 0 Å². The molecular formula is C30H32N4O3. The van der Waals surface area contributed by atoms with Crippen LogP contribution in [0.25, 0.3) is 16.9 Å². The van der Waals surface area contributed by atoms with Gasteiger partial charge in [0.15, 0.2) is 0 Å². The molecule has 0 aliphatic heterocycles. The Hall–Kier alpha value is -4.15. The Labute approximate surface area is 217 Å². The van der Waals surface area contributed by atoms with Crippen molar-refractivity contribution in [3.05, 3.63) is 88.7 Å². The standard InChI is InChI=1S/C30H32N4O3/c1-19(2)37-27-12-11-24(17-25(27)18-31)30(36)32-26(13-15-35)16-22-7-9-23(10-8-22)28-21(4)34-14-5-6-20(3)29(34)33-28/h5-12,14,17,19,26,35H,13,15-16H2,1-4H3,(H,32,36)/t26-/m1/s1. The molecule has 4 aromatic rings. The zero-order chi connectivity index (χ0) is 26.5. The Morgan fingerprint density at radius 3 is 2.57 bits per heavy atom. The SMILES string of the molecule is Cc1cccn2c(C)c(-c3ccc(C[C@@H](CCO)NC(=O)c4ccc(OC(C)C)c(C#N)c4)cc3)nc12. The molecule has 7 heteroatoms. The zero-order valence-corrected chi connectivity index (χ0v) is 21.7. The lowest BCUT2D eigenvalue weighted by molar-refractivity contribution is 0.0930. The minimum absolute atomic E-state index is 0.0482. The van der Waals surface area contributed by atoms with Crippen molar-refractivity contribution in [3.63, 3.8) is 0 Å². The maximum atomic E-state index is 13.0. The van der Waals surface area contributed by atoms with Crippen LogP contribution in [0.2, 0.25) is 0 Å². The molecule has 0 aliphatic rings. The van der Waals surface area contributed by atoms with Crippen LogP contribution in [0, 0.1) is 25.2 Å². The van der Waals surface area contributed by atoms with E-state index in [1.54, 1.807) is 12.1 Å². The molecule has 4 rings (SSSR count). The third-order valence-corrected chi connectivity index (χ3v) is 6.33. The van der Waals surface area contributed by atoms with Gasteiger partial charge in [-0.3, -0.25) is 4.79 Å². The number of benzene rings is 2. The van der Waals surface area contributed by atoms with Gasteiger partial charge in [-0.25, -0.2) is 4.98 Å². The van der Waals surface area contributed by atoms with Crippen LogP contribution < -0.4 is 10.1 Å². The van der Waals surface area contributed by atoms with Crippen LogP contribution in [0.1, 0.15) is 53.0 Å². The van der Waals surface area contributed by atoms with Crippen molar-refractivity contribution in [3.8, 4) is 23.1 Å². The third-order valence-electron chi connectivity index (χ3n) is 6.33. The average molecular weight is 497 g/mol. The largest absolute Gasteiger partial charge is 0.490 e. The van der Waals surface area contributed by atoms with Gasteiger partial charge in [0.25, 0.3) is 5.91 Å². The molecule has 2 aromatic carbocycles. The highest BCUT2D eigenvalue weighted by Gasteiger charge is 2.17. The number of nitrogens with zero attached hydrogens (tertiary/aromatic N) is 3. The molecule has 2 heterocycles. The van der Waals surface area contributed by atoms with E-state index < -0.39 is 0 Å². The van der Waals surface area contributed by atoms with Gasteiger partial charge in [0.1, 0.15) is 17.5 Å². The number of aliphatic hydroxyl groups excluding tert-OH is 1. The topological polar surface area (TPSA) is 99.6 Å². The van der Waals surface area contributed by atoms with Gasteiger partial charge < -0.3 is 19.6 Å². The Morgan fingerprint density at radius 2 is 1.92 bits per heavy atom. The number of fused-ring (bicyclic) bond motifs is 1. The fraction of sp³-hybridized carbons (Fsp3) is 0.300. The molecular weight excluding hydrogens is 464 g/mol.